The Morgan fingerprint density at radius 3 is 2.25 bits per heavy atom. The fourth-order valence-electron chi connectivity index (χ4n) is 1.07. The Hall–Kier alpha value is -1.36. The second kappa shape index (κ2) is 7.00. The van der Waals surface area contributed by atoms with Crippen LogP contribution >= 0.6 is 0 Å². The summed E-state index contributed by atoms with van der Waals surface area (Å²) in [4.78, 5) is 23.4. The predicted octanol–water partition coefficient (Wildman–Crippen LogP) is 0.757. The Morgan fingerprint density at radius 2 is 1.88 bits per heavy atom. The number of aliphatic carboxylic acids is 1. The van der Waals surface area contributed by atoms with Crippen molar-refractivity contribution in [3.8, 4) is 0 Å². The lowest BCUT2D eigenvalue weighted by Crippen LogP contribution is -2.34. The van der Waals surface area contributed by atoms with E-state index in [-0.39, 0.29) is 12.0 Å². The first kappa shape index (κ1) is 14.6. The molecular formula is C11H19NO4. The summed E-state index contributed by atoms with van der Waals surface area (Å²) in [6.45, 7) is 4.51. The maximum absolute atomic E-state index is 11.3. The van der Waals surface area contributed by atoms with Crippen LogP contribution in [0.5, 0.6) is 0 Å². The molecule has 0 aromatic heterocycles. The van der Waals surface area contributed by atoms with Gasteiger partial charge >= 0.3 is 11.9 Å². The van der Waals surface area contributed by atoms with Crippen LogP contribution in [0.15, 0.2) is 12.2 Å². The van der Waals surface area contributed by atoms with E-state index in [2.05, 4.69) is 0 Å². The molecule has 0 fully saturated rings. The molecule has 1 unspecified atom stereocenters. The van der Waals surface area contributed by atoms with Gasteiger partial charge in [0.05, 0.1) is 0 Å². The fraction of sp³-hybridized carbons (Fsp3) is 0.636. The number of hydrogen-bond donors (Lipinski definition) is 1. The first-order valence-electron chi connectivity index (χ1n) is 5.09. The first-order valence-corrected chi connectivity index (χ1v) is 5.09. The van der Waals surface area contributed by atoms with Gasteiger partial charge in [0, 0.05) is 18.7 Å². The molecule has 1 N–H and O–H groups in total. The third-order valence-electron chi connectivity index (χ3n) is 1.92. The summed E-state index contributed by atoms with van der Waals surface area (Å²) in [5, 5.41) is 8.35. The lowest BCUT2D eigenvalue weighted by molar-refractivity contribution is -0.146. The van der Waals surface area contributed by atoms with Crippen molar-refractivity contribution in [1.29, 1.82) is 0 Å². The van der Waals surface area contributed by atoms with Gasteiger partial charge in [-0.15, -0.1) is 0 Å². The Kier molecular flexibility index (Phi) is 6.41. The molecule has 1 atom stereocenters. The molecule has 0 spiro atoms. The van der Waals surface area contributed by atoms with Gasteiger partial charge in [0.25, 0.3) is 0 Å². The summed E-state index contributed by atoms with van der Waals surface area (Å²) in [6.07, 6.45) is 1.46. The largest absolute Gasteiger partial charge is 0.478 e. The number of carbonyl (C=O) groups excluding carboxylic acids is 1. The zero-order valence-corrected chi connectivity index (χ0v) is 10.1. The lowest BCUT2D eigenvalue weighted by atomic mass is 10.1. The van der Waals surface area contributed by atoms with E-state index in [4.69, 9.17) is 9.84 Å². The second-order valence-electron chi connectivity index (χ2n) is 4.15. The highest BCUT2D eigenvalue weighted by atomic mass is 16.5. The van der Waals surface area contributed by atoms with Crippen LogP contribution in [0.4, 0.5) is 0 Å². The van der Waals surface area contributed by atoms with Crippen molar-refractivity contribution in [2.75, 3.05) is 20.6 Å². The number of rotatable bonds is 6. The third-order valence-corrected chi connectivity index (χ3v) is 1.92. The van der Waals surface area contributed by atoms with E-state index >= 15 is 0 Å². The molecule has 0 aliphatic rings. The number of carboxylic acid groups (broad SMARTS) is 1. The van der Waals surface area contributed by atoms with Gasteiger partial charge in [-0.25, -0.2) is 9.59 Å². The molecule has 5 heteroatoms. The van der Waals surface area contributed by atoms with Gasteiger partial charge in [0.15, 0.2) is 0 Å². The molecule has 0 radical (unpaired) electrons. The average molecular weight is 229 g/mol. The molecule has 0 aliphatic heterocycles. The third kappa shape index (κ3) is 7.00. The SMILES string of the molecule is CC(C)C(CN(C)C)OC(=O)/C=C/C(=O)O. The van der Waals surface area contributed by atoms with Crippen LogP contribution in [0.1, 0.15) is 13.8 Å². The predicted molar refractivity (Wildman–Crippen MR) is 60.0 cm³/mol. The fourth-order valence-corrected chi connectivity index (χ4v) is 1.07. The molecule has 0 aromatic carbocycles. The number of nitrogens with zero attached hydrogens (tertiary/aromatic N) is 1. The van der Waals surface area contributed by atoms with E-state index in [0.29, 0.717) is 6.54 Å². The van der Waals surface area contributed by atoms with Gasteiger partial charge in [0.1, 0.15) is 6.10 Å². The highest BCUT2D eigenvalue weighted by Crippen LogP contribution is 2.08. The minimum Gasteiger partial charge on any atom is -0.478 e. The van der Waals surface area contributed by atoms with E-state index in [0.717, 1.165) is 12.2 Å². The molecule has 0 rings (SSSR count). The van der Waals surface area contributed by atoms with E-state index in [1.54, 1.807) is 0 Å². The van der Waals surface area contributed by atoms with E-state index in [1.165, 1.54) is 0 Å². The van der Waals surface area contributed by atoms with Crippen LogP contribution in [0, 0.1) is 5.92 Å². The Balaban J connectivity index is 4.29. The van der Waals surface area contributed by atoms with Crippen molar-refractivity contribution in [2.24, 2.45) is 5.92 Å². The summed E-state index contributed by atoms with van der Waals surface area (Å²) in [5.74, 6) is -1.60. The number of hydrogen-bond acceptors (Lipinski definition) is 4. The van der Waals surface area contributed by atoms with Crippen molar-refractivity contribution < 1.29 is 19.4 Å². The molecule has 0 amide bonds. The quantitative estimate of drug-likeness (QED) is 0.538. The summed E-state index contributed by atoms with van der Waals surface area (Å²) in [6, 6.07) is 0. The Labute approximate surface area is 95.7 Å². The summed E-state index contributed by atoms with van der Waals surface area (Å²) < 4.78 is 5.14. The maximum Gasteiger partial charge on any atom is 0.331 e. The van der Waals surface area contributed by atoms with Crippen LogP contribution in [-0.2, 0) is 14.3 Å². The normalized spacial score (nSPS) is 13.4. The minimum absolute atomic E-state index is 0.185. The van der Waals surface area contributed by atoms with Gasteiger partial charge in [0.2, 0.25) is 0 Å². The van der Waals surface area contributed by atoms with Crippen LogP contribution < -0.4 is 0 Å². The number of likely N-dealkylation sites (N-methyl/N-ethyl adjacent to an activating group) is 1. The van der Waals surface area contributed by atoms with E-state index in [1.807, 2.05) is 32.8 Å². The molecule has 0 aromatic rings. The topological polar surface area (TPSA) is 66.8 Å². The van der Waals surface area contributed by atoms with Crippen molar-refractivity contribution in [3.05, 3.63) is 12.2 Å². The molecule has 0 bridgehead atoms. The molecule has 0 saturated heterocycles. The summed E-state index contributed by atoms with van der Waals surface area (Å²) in [5.41, 5.74) is 0. The van der Waals surface area contributed by atoms with E-state index < -0.39 is 11.9 Å². The number of carboxylic acids is 1. The van der Waals surface area contributed by atoms with Gasteiger partial charge in [-0.05, 0) is 20.0 Å². The first-order chi connectivity index (χ1) is 7.32. The Bertz CT molecular complexity index is 271. The number of carbonyl (C=O) groups is 2. The van der Waals surface area contributed by atoms with Gasteiger partial charge in [-0.2, -0.15) is 0 Å². The summed E-state index contributed by atoms with van der Waals surface area (Å²) >= 11 is 0. The smallest absolute Gasteiger partial charge is 0.331 e. The number of esters is 1. The van der Waals surface area contributed by atoms with Crippen LogP contribution in [0.3, 0.4) is 0 Å². The Morgan fingerprint density at radius 1 is 1.31 bits per heavy atom. The molecule has 0 heterocycles. The zero-order chi connectivity index (χ0) is 12.7. The van der Waals surface area contributed by atoms with Gasteiger partial charge < -0.3 is 14.7 Å². The second-order valence-corrected chi connectivity index (χ2v) is 4.15. The monoisotopic (exact) mass is 229 g/mol. The van der Waals surface area contributed by atoms with Crippen molar-refractivity contribution in [3.63, 3.8) is 0 Å². The minimum atomic E-state index is -1.16. The molecule has 16 heavy (non-hydrogen) atoms. The van der Waals surface area contributed by atoms with E-state index in [9.17, 15) is 9.59 Å². The average Bonchev–Trinajstić information content (AvgIpc) is 2.12. The number of ether oxygens (including phenoxy) is 1. The molecular weight excluding hydrogens is 210 g/mol. The van der Waals surface area contributed by atoms with Crippen LogP contribution in [0.25, 0.3) is 0 Å². The molecule has 0 aliphatic carbocycles. The summed E-state index contributed by atoms with van der Waals surface area (Å²) in [7, 11) is 3.77. The molecule has 92 valence electrons. The highest BCUT2D eigenvalue weighted by molar-refractivity contribution is 5.90. The van der Waals surface area contributed by atoms with Crippen molar-refractivity contribution in [2.45, 2.75) is 20.0 Å². The highest BCUT2D eigenvalue weighted by Gasteiger charge is 2.17. The van der Waals surface area contributed by atoms with Gasteiger partial charge in [-0.1, -0.05) is 13.8 Å². The van der Waals surface area contributed by atoms with Crippen LogP contribution in [0.2, 0.25) is 0 Å². The van der Waals surface area contributed by atoms with Crippen LogP contribution in [-0.4, -0.2) is 48.7 Å². The lowest BCUT2D eigenvalue weighted by Gasteiger charge is -2.23. The van der Waals surface area contributed by atoms with Crippen molar-refractivity contribution >= 4 is 11.9 Å². The van der Waals surface area contributed by atoms with Crippen molar-refractivity contribution in [1.82, 2.24) is 4.90 Å². The maximum atomic E-state index is 11.3. The van der Waals surface area contributed by atoms with Gasteiger partial charge in [-0.3, -0.25) is 0 Å². The molecule has 0 saturated carbocycles. The zero-order valence-electron chi connectivity index (χ0n) is 10.1. The standard InChI is InChI=1S/C11H19NO4/c1-8(2)9(7-12(3)4)16-11(15)6-5-10(13)14/h5-6,8-9H,7H2,1-4H3,(H,13,14)/b6-5+. The molecule has 5 nitrogen and oxygen atoms in total.